The Balaban J connectivity index is 2.18. The molecular formula is C12H16OS. The van der Waals surface area contributed by atoms with Gasteiger partial charge < -0.3 is 0 Å². The zero-order chi connectivity index (χ0) is 9.97. The molecule has 1 atom stereocenters. The van der Waals surface area contributed by atoms with Gasteiger partial charge >= 0.3 is 0 Å². The third-order valence-electron chi connectivity index (χ3n) is 2.91. The maximum atomic E-state index is 11.8. The van der Waals surface area contributed by atoms with Gasteiger partial charge in [0.25, 0.3) is 0 Å². The van der Waals surface area contributed by atoms with E-state index in [0.29, 0.717) is 5.78 Å². The van der Waals surface area contributed by atoms with E-state index < -0.39 is 0 Å². The second-order valence-electron chi connectivity index (χ2n) is 4.07. The number of hydrogen-bond donors (Lipinski definition) is 0. The van der Waals surface area contributed by atoms with Crippen molar-refractivity contribution in [3.63, 3.8) is 0 Å². The third kappa shape index (κ3) is 2.06. The van der Waals surface area contributed by atoms with Crippen molar-refractivity contribution in [1.29, 1.82) is 0 Å². The lowest BCUT2D eigenvalue weighted by Crippen LogP contribution is -2.08. The summed E-state index contributed by atoms with van der Waals surface area (Å²) in [7, 11) is 0. The molecule has 2 heteroatoms. The summed E-state index contributed by atoms with van der Waals surface area (Å²) in [6, 6.07) is 4.26. The standard InChI is InChI=1S/C12H16OS/c1-9-7-8-12(14-9)10-5-3-2-4-6-11(10)13/h7-8,10H,2-6H2,1H3. The molecule has 1 aromatic rings. The van der Waals surface area contributed by atoms with Crippen LogP contribution in [0.1, 0.15) is 47.8 Å². The van der Waals surface area contributed by atoms with Crippen LogP contribution in [0.2, 0.25) is 0 Å². The lowest BCUT2D eigenvalue weighted by Gasteiger charge is -2.09. The van der Waals surface area contributed by atoms with E-state index in [4.69, 9.17) is 0 Å². The summed E-state index contributed by atoms with van der Waals surface area (Å²) >= 11 is 1.79. The summed E-state index contributed by atoms with van der Waals surface area (Å²) in [5.74, 6) is 0.681. The fourth-order valence-corrected chi connectivity index (χ4v) is 3.14. The first-order chi connectivity index (χ1) is 6.77. The normalized spacial score (nSPS) is 23.5. The topological polar surface area (TPSA) is 17.1 Å². The van der Waals surface area contributed by atoms with E-state index in [9.17, 15) is 4.79 Å². The minimum atomic E-state index is 0.219. The lowest BCUT2D eigenvalue weighted by molar-refractivity contribution is -0.120. The van der Waals surface area contributed by atoms with Crippen LogP contribution < -0.4 is 0 Å². The van der Waals surface area contributed by atoms with E-state index in [1.807, 2.05) is 0 Å². The number of thiophene rings is 1. The molecule has 2 rings (SSSR count). The first-order valence-corrected chi connectivity index (χ1v) is 6.18. The predicted octanol–water partition coefficient (Wildman–Crippen LogP) is 3.67. The summed E-state index contributed by atoms with van der Waals surface area (Å²) in [6.07, 6.45) is 5.40. The van der Waals surface area contributed by atoms with Crippen LogP contribution in [0, 0.1) is 6.92 Å². The summed E-state index contributed by atoms with van der Waals surface area (Å²) in [5.41, 5.74) is 0. The van der Waals surface area contributed by atoms with Crippen LogP contribution in [0.3, 0.4) is 0 Å². The van der Waals surface area contributed by atoms with Crippen molar-refractivity contribution < 1.29 is 4.79 Å². The number of rotatable bonds is 1. The SMILES string of the molecule is Cc1ccc(C2CCCCCC2=O)s1. The van der Waals surface area contributed by atoms with E-state index in [0.717, 1.165) is 19.3 Å². The van der Waals surface area contributed by atoms with Gasteiger partial charge in [-0.15, -0.1) is 11.3 Å². The van der Waals surface area contributed by atoms with E-state index in [2.05, 4.69) is 19.1 Å². The van der Waals surface area contributed by atoms with Gasteiger partial charge in [-0.2, -0.15) is 0 Å². The molecule has 1 fully saturated rings. The number of aryl methyl sites for hydroxylation is 1. The Morgan fingerprint density at radius 3 is 2.86 bits per heavy atom. The Morgan fingerprint density at radius 2 is 2.14 bits per heavy atom. The van der Waals surface area contributed by atoms with Gasteiger partial charge in [0.15, 0.2) is 0 Å². The Hall–Kier alpha value is -0.630. The van der Waals surface area contributed by atoms with Crippen LogP contribution in [0.15, 0.2) is 12.1 Å². The molecule has 0 saturated heterocycles. The maximum Gasteiger partial charge on any atom is 0.141 e. The molecule has 1 saturated carbocycles. The Kier molecular flexibility index (Phi) is 3.02. The van der Waals surface area contributed by atoms with Crippen LogP contribution in [0.4, 0.5) is 0 Å². The highest BCUT2D eigenvalue weighted by atomic mass is 32.1. The molecule has 1 aliphatic rings. The summed E-state index contributed by atoms with van der Waals surface area (Å²) in [4.78, 5) is 14.4. The van der Waals surface area contributed by atoms with Gasteiger partial charge in [0.2, 0.25) is 0 Å². The molecular weight excluding hydrogens is 192 g/mol. The van der Waals surface area contributed by atoms with Crippen molar-refractivity contribution in [3.8, 4) is 0 Å². The van der Waals surface area contributed by atoms with Gasteiger partial charge in [-0.1, -0.05) is 12.8 Å². The van der Waals surface area contributed by atoms with Crippen LogP contribution in [-0.4, -0.2) is 5.78 Å². The van der Waals surface area contributed by atoms with Crippen molar-refractivity contribution >= 4 is 17.1 Å². The number of ketones is 1. The molecule has 14 heavy (non-hydrogen) atoms. The zero-order valence-electron chi connectivity index (χ0n) is 8.58. The van der Waals surface area contributed by atoms with Crippen molar-refractivity contribution in [2.45, 2.75) is 44.9 Å². The molecule has 0 aromatic carbocycles. The Bertz CT molecular complexity index is 327. The predicted molar refractivity (Wildman–Crippen MR) is 59.9 cm³/mol. The van der Waals surface area contributed by atoms with Crippen molar-refractivity contribution in [1.82, 2.24) is 0 Å². The van der Waals surface area contributed by atoms with E-state index >= 15 is 0 Å². The quantitative estimate of drug-likeness (QED) is 0.643. The summed E-state index contributed by atoms with van der Waals surface area (Å²) in [6.45, 7) is 2.11. The third-order valence-corrected chi connectivity index (χ3v) is 4.02. The summed E-state index contributed by atoms with van der Waals surface area (Å²) in [5, 5.41) is 0. The maximum absolute atomic E-state index is 11.8. The molecule has 1 aromatic heterocycles. The van der Waals surface area contributed by atoms with E-state index in [-0.39, 0.29) is 5.92 Å². The van der Waals surface area contributed by atoms with Crippen LogP contribution in [0.5, 0.6) is 0 Å². The molecule has 0 spiro atoms. The average molecular weight is 208 g/mol. The first kappa shape index (κ1) is 9.91. The highest BCUT2D eigenvalue weighted by Gasteiger charge is 2.23. The zero-order valence-corrected chi connectivity index (χ0v) is 9.40. The number of carbonyl (C=O) groups excluding carboxylic acids is 1. The van der Waals surface area contributed by atoms with Gasteiger partial charge in [0, 0.05) is 16.2 Å². The molecule has 76 valence electrons. The highest BCUT2D eigenvalue weighted by molar-refractivity contribution is 7.12. The first-order valence-electron chi connectivity index (χ1n) is 5.36. The summed E-state index contributed by atoms with van der Waals surface area (Å²) < 4.78 is 0. The smallest absolute Gasteiger partial charge is 0.141 e. The van der Waals surface area contributed by atoms with Gasteiger partial charge in [0.05, 0.1) is 5.92 Å². The number of hydrogen-bond acceptors (Lipinski definition) is 2. The molecule has 0 N–H and O–H groups in total. The highest BCUT2D eigenvalue weighted by Crippen LogP contribution is 2.32. The van der Waals surface area contributed by atoms with Gasteiger partial charge in [-0.05, 0) is 31.9 Å². The largest absolute Gasteiger partial charge is 0.299 e. The molecule has 0 bridgehead atoms. The van der Waals surface area contributed by atoms with Crippen molar-refractivity contribution in [3.05, 3.63) is 21.9 Å². The fraction of sp³-hybridized carbons (Fsp3) is 0.583. The van der Waals surface area contributed by atoms with Gasteiger partial charge in [-0.25, -0.2) is 0 Å². The van der Waals surface area contributed by atoms with Crippen LogP contribution in [0.25, 0.3) is 0 Å². The molecule has 1 unspecified atom stereocenters. The molecule has 0 aliphatic heterocycles. The molecule has 1 aliphatic carbocycles. The van der Waals surface area contributed by atoms with Crippen molar-refractivity contribution in [2.75, 3.05) is 0 Å². The minimum absolute atomic E-state index is 0.219. The fourth-order valence-electron chi connectivity index (χ4n) is 2.10. The Labute approximate surface area is 89.1 Å². The average Bonchev–Trinajstić information content (AvgIpc) is 2.46. The Morgan fingerprint density at radius 1 is 1.29 bits per heavy atom. The molecule has 0 radical (unpaired) electrons. The molecule has 0 amide bonds. The van der Waals surface area contributed by atoms with Crippen molar-refractivity contribution in [2.24, 2.45) is 0 Å². The van der Waals surface area contributed by atoms with E-state index in [1.165, 1.54) is 22.6 Å². The van der Waals surface area contributed by atoms with Crippen LogP contribution in [-0.2, 0) is 4.79 Å². The van der Waals surface area contributed by atoms with Gasteiger partial charge in [0.1, 0.15) is 5.78 Å². The number of carbonyl (C=O) groups is 1. The molecule has 1 heterocycles. The second kappa shape index (κ2) is 4.26. The second-order valence-corrected chi connectivity index (χ2v) is 5.39. The minimum Gasteiger partial charge on any atom is -0.299 e. The lowest BCUT2D eigenvalue weighted by atomic mass is 9.97. The van der Waals surface area contributed by atoms with Gasteiger partial charge in [-0.3, -0.25) is 4.79 Å². The molecule has 1 nitrogen and oxygen atoms in total. The van der Waals surface area contributed by atoms with E-state index in [1.54, 1.807) is 11.3 Å². The van der Waals surface area contributed by atoms with Crippen LogP contribution >= 0.6 is 11.3 Å². The monoisotopic (exact) mass is 208 g/mol. The number of Topliss-reactive ketones (excluding diaryl/α,β-unsaturated/α-hetero) is 1.